The molecular weight excluding hydrogens is 889 g/mol. The van der Waals surface area contributed by atoms with Gasteiger partial charge in [0.05, 0.1) is 54.0 Å². The van der Waals surface area contributed by atoms with Crippen LogP contribution in [0, 0.1) is 6.33 Å². The van der Waals surface area contributed by atoms with Crippen molar-refractivity contribution in [3.63, 3.8) is 0 Å². The van der Waals surface area contributed by atoms with Gasteiger partial charge in [0, 0.05) is 23.0 Å². The first kappa shape index (κ1) is 31.5. The maximum Gasteiger partial charge on any atom is 0.269 e. The molecule has 0 aliphatic carbocycles. The predicted molar refractivity (Wildman–Crippen MR) is 301 cm³/mol. The number of benzene rings is 9. The Hall–Kier alpha value is -8.80. The van der Waals surface area contributed by atoms with Gasteiger partial charge >= 0.3 is 0 Å². The van der Waals surface area contributed by atoms with Crippen molar-refractivity contribution in [2.75, 3.05) is 0 Å². The van der Waals surface area contributed by atoms with Gasteiger partial charge < -0.3 is 4.74 Å². The van der Waals surface area contributed by atoms with Gasteiger partial charge in [0.1, 0.15) is 17.3 Å². The van der Waals surface area contributed by atoms with Crippen LogP contribution in [0.2, 0.25) is 0 Å². The highest BCUT2D eigenvalue weighted by molar-refractivity contribution is 6.09. The molecule has 0 atom stereocenters. The van der Waals surface area contributed by atoms with Crippen LogP contribution in [0.5, 0.6) is 11.5 Å². The molecule has 12 aromatic rings. The van der Waals surface area contributed by atoms with Gasteiger partial charge in [-0.2, -0.15) is 0 Å². The predicted octanol–water partition coefficient (Wildman–Crippen LogP) is 17.3. The van der Waals surface area contributed by atoms with E-state index in [0.29, 0.717) is 28.2 Å². The molecule has 12 rings (SSSR count). The Morgan fingerprint density at radius 2 is 1.10 bits per heavy atom. The van der Waals surface area contributed by atoms with Gasteiger partial charge in [-0.25, -0.2) is 4.98 Å². The van der Waals surface area contributed by atoms with E-state index in [1.54, 1.807) is 10.6 Å². The van der Waals surface area contributed by atoms with Crippen LogP contribution in [0.4, 0.5) is 0 Å². The van der Waals surface area contributed by atoms with Gasteiger partial charge in [-0.15, -0.1) is 0 Å². The second-order valence-electron chi connectivity index (χ2n) is 20.0. The van der Waals surface area contributed by atoms with E-state index >= 15 is 0 Å². The molecule has 0 saturated heterocycles. The first-order valence-corrected chi connectivity index (χ1v) is 24.0. The molecule has 0 spiro atoms. The summed E-state index contributed by atoms with van der Waals surface area (Å²) in [5.41, 5.74) is 5.05. The third-order valence-electron chi connectivity index (χ3n) is 13.2. The van der Waals surface area contributed by atoms with E-state index in [1.165, 1.54) is 16.7 Å². The van der Waals surface area contributed by atoms with Crippen LogP contribution in [0.1, 0.15) is 73.2 Å². The quantitative estimate of drug-likeness (QED) is 0.107. The molecular formula is C68H56N4O. The molecule has 0 saturated carbocycles. The second kappa shape index (κ2) is 18.1. The van der Waals surface area contributed by atoms with Crippen LogP contribution in [0.3, 0.4) is 0 Å². The van der Waals surface area contributed by atoms with Crippen LogP contribution in [0.15, 0.2) is 230 Å². The Balaban J connectivity index is 1.15. The summed E-state index contributed by atoms with van der Waals surface area (Å²) in [6.45, 7) is 12.9. The van der Waals surface area contributed by atoms with Crippen molar-refractivity contribution >= 4 is 32.8 Å². The van der Waals surface area contributed by atoms with E-state index in [0.717, 1.165) is 49.9 Å². The number of imidazole rings is 1. The van der Waals surface area contributed by atoms with Crippen molar-refractivity contribution in [2.45, 2.75) is 52.4 Å². The minimum Gasteiger partial charge on any atom is -0.458 e. The standard InChI is InChI=1S/C68H56N4O/c1-67(2,3)52-32-29-47(30-33-52)50-31-36-62-64(41-50)70(45-71(62)66-59(48-21-12-8-13-22-48)39-51(46-19-10-7-11-20-46)40-60(66)49-23-14-9-15-24-49)54-25-18-26-55(43-54)73-56-34-35-58-57-27-16-17-28-61(57)72(63(58)44-56)65-42-53(37-38-69-65)68(4,5)6/h7-44H,1-6H3/i7D,8D,9D,10D,11D,12D,13D,14D,15D,19D,20D,21D,22D,23D,24D. The summed E-state index contributed by atoms with van der Waals surface area (Å²) < 4.78 is 147. The van der Waals surface area contributed by atoms with Crippen LogP contribution in [-0.2, 0) is 10.8 Å². The Bertz CT molecular complexity index is 4750. The molecule has 3 heterocycles. The average molecular weight is 960 g/mol. The maximum atomic E-state index is 9.46. The topological polar surface area (TPSA) is 35.9 Å². The van der Waals surface area contributed by atoms with Crippen molar-refractivity contribution < 1.29 is 29.9 Å². The summed E-state index contributed by atoms with van der Waals surface area (Å²) in [5.74, 6) is 1.69. The van der Waals surface area contributed by atoms with Crippen molar-refractivity contribution in [1.29, 1.82) is 0 Å². The van der Waals surface area contributed by atoms with Gasteiger partial charge in [-0.1, -0.05) is 193 Å². The summed E-state index contributed by atoms with van der Waals surface area (Å²) in [5, 5.41) is 2.03. The zero-order valence-corrected chi connectivity index (χ0v) is 41.0. The second-order valence-corrected chi connectivity index (χ2v) is 20.0. The van der Waals surface area contributed by atoms with Gasteiger partial charge in [0.15, 0.2) is 0 Å². The fraction of sp³-hybridized carbons (Fsp3) is 0.118. The van der Waals surface area contributed by atoms with Crippen LogP contribution in [0.25, 0.3) is 94.5 Å². The lowest BCUT2D eigenvalue weighted by molar-refractivity contribution is -0.571. The highest BCUT2D eigenvalue weighted by Gasteiger charge is 2.24. The van der Waals surface area contributed by atoms with E-state index in [-0.39, 0.29) is 38.8 Å². The molecule has 5 nitrogen and oxygen atoms in total. The van der Waals surface area contributed by atoms with E-state index in [2.05, 4.69) is 82.8 Å². The highest BCUT2D eigenvalue weighted by Crippen LogP contribution is 2.41. The maximum absolute atomic E-state index is 9.46. The molecule has 5 heteroatoms. The lowest BCUT2D eigenvalue weighted by Crippen LogP contribution is -2.31. The number of rotatable bonds is 9. The summed E-state index contributed by atoms with van der Waals surface area (Å²) in [7, 11) is 0. The molecule has 354 valence electrons. The molecule has 0 aliphatic heterocycles. The zero-order valence-electron chi connectivity index (χ0n) is 56.0. The number of ether oxygens (including phenoxy) is 1. The number of pyridine rings is 1. The van der Waals surface area contributed by atoms with Crippen molar-refractivity contribution in [1.82, 2.24) is 14.1 Å². The molecule has 0 unspecified atom stereocenters. The normalized spacial score (nSPS) is 14.8. The first-order valence-electron chi connectivity index (χ1n) is 31.5. The average Bonchev–Trinajstić information content (AvgIpc) is 1.38. The monoisotopic (exact) mass is 960 g/mol. The van der Waals surface area contributed by atoms with E-state index in [1.807, 2.05) is 91.1 Å². The Morgan fingerprint density at radius 3 is 1.77 bits per heavy atom. The van der Waals surface area contributed by atoms with Crippen molar-refractivity contribution in [3.05, 3.63) is 248 Å². The molecule has 0 fully saturated rings. The lowest BCUT2D eigenvalue weighted by Gasteiger charge is -2.20. The molecule has 3 aromatic heterocycles. The van der Waals surface area contributed by atoms with Gasteiger partial charge in [0.25, 0.3) is 6.33 Å². The van der Waals surface area contributed by atoms with E-state index < -0.39 is 102 Å². The molecule has 0 N–H and O–H groups in total. The Labute approximate surface area is 449 Å². The third kappa shape index (κ3) is 8.57. The number of hydrogen-bond acceptors (Lipinski definition) is 2. The van der Waals surface area contributed by atoms with Gasteiger partial charge in [-0.3, -0.25) is 13.7 Å². The number of hydrogen-bond donors (Lipinski definition) is 0. The number of para-hydroxylation sites is 1. The third-order valence-corrected chi connectivity index (χ3v) is 13.2. The van der Waals surface area contributed by atoms with E-state index in [4.69, 9.17) is 24.8 Å². The largest absolute Gasteiger partial charge is 0.458 e. The minimum absolute atomic E-state index is 0.0853. The van der Waals surface area contributed by atoms with E-state index in [9.17, 15) is 5.48 Å². The van der Waals surface area contributed by atoms with Crippen LogP contribution in [-0.4, -0.2) is 14.1 Å². The van der Waals surface area contributed by atoms with Crippen molar-refractivity contribution in [2.24, 2.45) is 0 Å². The molecule has 0 bridgehead atoms. The number of fused-ring (bicyclic) bond motifs is 4. The van der Waals surface area contributed by atoms with Gasteiger partial charge in [-0.05, 0) is 133 Å². The smallest absolute Gasteiger partial charge is 0.269 e. The molecule has 0 aliphatic rings. The number of nitrogens with zero attached hydrogens (tertiary/aromatic N) is 4. The Morgan fingerprint density at radius 1 is 0.479 bits per heavy atom. The van der Waals surface area contributed by atoms with Crippen LogP contribution >= 0.6 is 0 Å². The van der Waals surface area contributed by atoms with Gasteiger partial charge in [0.2, 0.25) is 0 Å². The van der Waals surface area contributed by atoms with Crippen LogP contribution < -0.4 is 9.30 Å². The molecule has 73 heavy (non-hydrogen) atoms. The molecule has 9 aromatic carbocycles. The molecule has 0 amide bonds. The summed E-state index contributed by atoms with van der Waals surface area (Å²) in [4.78, 5) is 4.85. The fourth-order valence-electron chi connectivity index (χ4n) is 9.46. The number of aromatic nitrogens is 4. The zero-order chi connectivity index (χ0) is 62.9. The summed E-state index contributed by atoms with van der Waals surface area (Å²) >= 11 is 0. The van der Waals surface area contributed by atoms with Crippen molar-refractivity contribution in [3.8, 4) is 73.2 Å². The Kier molecular flexibility index (Phi) is 7.82. The summed E-state index contributed by atoms with van der Waals surface area (Å²) in [6, 6.07) is 31.5. The summed E-state index contributed by atoms with van der Waals surface area (Å²) in [6.07, 6.45) is 5.32. The fourth-order valence-corrected chi connectivity index (χ4v) is 9.46. The SMILES string of the molecule is [2H]c1c([2H])c([2H])c(-c2cc(-c3c([2H])c([2H])c([2H])c([2H])c3[2H])c(-[n+]3[c-]n(-c4cccc(Oc5ccc6c7ccccc7n(-c7cc(C(C)(C)C)ccn7)c6c5)c4)c4cc(-c5ccc(C(C)(C)C)cc5)ccc43)c(-c3c([2H])c([2H])c([2H])c([2H])c3[2H])c2)c([2H])c1[2H]. The minimum atomic E-state index is -0.720. The first-order chi connectivity index (χ1) is 41.7. The highest BCUT2D eigenvalue weighted by atomic mass is 16.5. The lowest BCUT2D eigenvalue weighted by atomic mass is 9.86. The molecule has 0 radical (unpaired) electrons.